The zero-order valence-electron chi connectivity index (χ0n) is 9.34. The Balaban J connectivity index is 1.74. The summed E-state index contributed by atoms with van der Waals surface area (Å²) >= 11 is 1.84. The Morgan fingerprint density at radius 2 is 2.12 bits per heavy atom. The Labute approximate surface area is 100 Å². The van der Waals surface area contributed by atoms with Crippen LogP contribution in [0.3, 0.4) is 0 Å². The van der Waals surface area contributed by atoms with E-state index < -0.39 is 0 Å². The second-order valence-electron chi connectivity index (χ2n) is 4.83. The van der Waals surface area contributed by atoms with Crippen LogP contribution in [0.1, 0.15) is 17.7 Å². The summed E-state index contributed by atoms with van der Waals surface area (Å²) in [6.45, 7) is 2.79. The molecule has 0 aliphatic carbocycles. The molecule has 1 aromatic rings. The maximum atomic E-state index is 6.08. The molecule has 16 heavy (non-hydrogen) atoms. The van der Waals surface area contributed by atoms with Crippen molar-refractivity contribution in [2.75, 3.05) is 13.2 Å². The van der Waals surface area contributed by atoms with Gasteiger partial charge in [-0.3, -0.25) is 4.90 Å². The van der Waals surface area contributed by atoms with Crippen molar-refractivity contribution in [1.82, 2.24) is 4.90 Å². The number of piperidine rings is 1. The van der Waals surface area contributed by atoms with E-state index in [1.165, 1.54) is 4.88 Å². The van der Waals surface area contributed by atoms with Gasteiger partial charge in [-0.05, 0) is 24.3 Å². The van der Waals surface area contributed by atoms with Gasteiger partial charge in [-0.2, -0.15) is 0 Å². The minimum absolute atomic E-state index is 0.374. The number of nitrogens with two attached hydrogens (primary N) is 1. The van der Waals surface area contributed by atoms with Gasteiger partial charge in [0.1, 0.15) is 0 Å². The summed E-state index contributed by atoms with van der Waals surface area (Å²) in [4.78, 5) is 4.05. The third-order valence-electron chi connectivity index (χ3n) is 3.63. The molecule has 2 bridgehead atoms. The molecule has 2 saturated heterocycles. The predicted molar refractivity (Wildman–Crippen MR) is 65.5 cm³/mol. The number of hydrogen-bond donors (Lipinski definition) is 1. The fraction of sp³-hybridized carbons (Fsp3) is 0.667. The standard InChI is InChI=1S/C12H18N2OS/c13-9-4-10-7-15-8-11(5-9)14(10)6-12-2-1-3-16-12/h1-3,9-11H,4-8,13H2. The van der Waals surface area contributed by atoms with Gasteiger partial charge in [0.25, 0.3) is 0 Å². The normalized spacial score (nSPS) is 35.2. The molecule has 2 N–H and O–H groups in total. The molecule has 0 saturated carbocycles. The van der Waals surface area contributed by atoms with Gasteiger partial charge in [-0.1, -0.05) is 6.07 Å². The second kappa shape index (κ2) is 4.45. The second-order valence-corrected chi connectivity index (χ2v) is 5.86. The van der Waals surface area contributed by atoms with Crippen molar-refractivity contribution in [3.05, 3.63) is 22.4 Å². The van der Waals surface area contributed by atoms with E-state index in [1.54, 1.807) is 0 Å². The lowest BCUT2D eigenvalue weighted by atomic mass is 9.90. The maximum absolute atomic E-state index is 6.08. The Kier molecular flexibility index (Phi) is 2.98. The molecule has 2 unspecified atom stereocenters. The van der Waals surface area contributed by atoms with Gasteiger partial charge < -0.3 is 10.5 Å². The van der Waals surface area contributed by atoms with Crippen molar-refractivity contribution in [3.63, 3.8) is 0 Å². The van der Waals surface area contributed by atoms with Crippen LogP contribution in [0.4, 0.5) is 0 Å². The quantitative estimate of drug-likeness (QED) is 0.847. The van der Waals surface area contributed by atoms with Crippen molar-refractivity contribution in [3.8, 4) is 0 Å². The summed E-state index contributed by atoms with van der Waals surface area (Å²) in [7, 11) is 0. The van der Waals surface area contributed by atoms with Gasteiger partial charge in [0.05, 0.1) is 13.2 Å². The fourth-order valence-corrected chi connectivity index (χ4v) is 3.59. The summed E-state index contributed by atoms with van der Waals surface area (Å²) < 4.78 is 5.64. The van der Waals surface area contributed by atoms with Crippen LogP contribution >= 0.6 is 11.3 Å². The molecule has 3 nitrogen and oxygen atoms in total. The van der Waals surface area contributed by atoms with Crippen LogP contribution in [0.5, 0.6) is 0 Å². The Morgan fingerprint density at radius 1 is 1.38 bits per heavy atom. The molecular formula is C12H18N2OS. The van der Waals surface area contributed by atoms with Crippen molar-refractivity contribution in [2.45, 2.75) is 37.5 Å². The average Bonchev–Trinajstić information content (AvgIpc) is 2.72. The summed E-state index contributed by atoms with van der Waals surface area (Å²) in [5, 5.41) is 2.15. The first-order chi connectivity index (χ1) is 7.83. The van der Waals surface area contributed by atoms with E-state index in [0.717, 1.165) is 32.6 Å². The first-order valence-electron chi connectivity index (χ1n) is 5.94. The van der Waals surface area contributed by atoms with E-state index >= 15 is 0 Å². The number of hydrogen-bond acceptors (Lipinski definition) is 4. The molecule has 0 spiro atoms. The lowest BCUT2D eigenvalue weighted by Crippen LogP contribution is -2.58. The Bertz CT molecular complexity index is 327. The molecule has 3 heterocycles. The highest BCUT2D eigenvalue weighted by molar-refractivity contribution is 7.09. The minimum atomic E-state index is 0.374. The van der Waals surface area contributed by atoms with E-state index in [4.69, 9.17) is 10.5 Å². The van der Waals surface area contributed by atoms with Crippen molar-refractivity contribution in [2.24, 2.45) is 5.73 Å². The molecule has 0 aromatic carbocycles. The van der Waals surface area contributed by atoms with Crippen LogP contribution in [0.25, 0.3) is 0 Å². The van der Waals surface area contributed by atoms with E-state index in [-0.39, 0.29) is 0 Å². The molecule has 2 aliphatic heterocycles. The van der Waals surface area contributed by atoms with Crippen molar-refractivity contribution >= 4 is 11.3 Å². The highest BCUT2D eigenvalue weighted by Gasteiger charge is 2.37. The number of nitrogens with zero attached hydrogens (tertiary/aromatic N) is 1. The number of morpholine rings is 1. The summed E-state index contributed by atoms with van der Waals surface area (Å²) in [6, 6.07) is 5.78. The zero-order valence-corrected chi connectivity index (χ0v) is 10.2. The number of thiophene rings is 1. The SMILES string of the molecule is NC1CC2COCC(C1)N2Cc1cccs1. The summed E-state index contributed by atoms with van der Waals surface area (Å²) in [6.07, 6.45) is 2.17. The fourth-order valence-electron chi connectivity index (χ4n) is 2.87. The smallest absolute Gasteiger partial charge is 0.0623 e. The van der Waals surface area contributed by atoms with Crippen LogP contribution in [-0.2, 0) is 11.3 Å². The maximum Gasteiger partial charge on any atom is 0.0623 e. The monoisotopic (exact) mass is 238 g/mol. The van der Waals surface area contributed by atoms with Gasteiger partial charge in [-0.25, -0.2) is 0 Å². The van der Waals surface area contributed by atoms with Gasteiger partial charge in [0.2, 0.25) is 0 Å². The predicted octanol–water partition coefficient (Wildman–Crippen LogP) is 1.44. The lowest BCUT2D eigenvalue weighted by molar-refractivity contribution is -0.0815. The topological polar surface area (TPSA) is 38.5 Å². The van der Waals surface area contributed by atoms with Crippen molar-refractivity contribution < 1.29 is 4.74 Å². The number of ether oxygens (including phenoxy) is 1. The third kappa shape index (κ3) is 2.02. The first kappa shape index (κ1) is 10.7. The highest BCUT2D eigenvalue weighted by atomic mass is 32.1. The van der Waals surface area contributed by atoms with Gasteiger partial charge in [0.15, 0.2) is 0 Å². The van der Waals surface area contributed by atoms with Crippen LogP contribution in [0, 0.1) is 0 Å². The van der Waals surface area contributed by atoms with Gasteiger partial charge in [-0.15, -0.1) is 11.3 Å². The van der Waals surface area contributed by atoms with Crippen LogP contribution < -0.4 is 5.73 Å². The van der Waals surface area contributed by atoms with Crippen LogP contribution in [0.15, 0.2) is 17.5 Å². The molecule has 0 amide bonds. The van der Waals surface area contributed by atoms with E-state index in [1.807, 2.05) is 11.3 Å². The van der Waals surface area contributed by atoms with E-state index in [0.29, 0.717) is 18.1 Å². The van der Waals surface area contributed by atoms with Gasteiger partial charge in [0, 0.05) is 29.5 Å². The molecule has 3 rings (SSSR count). The minimum Gasteiger partial charge on any atom is -0.378 e. The van der Waals surface area contributed by atoms with Crippen LogP contribution in [-0.4, -0.2) is 36.2 Å². The largest absolute Gasteiger partial charge is 0.378 e. The Hall–Kier alpha value is -0.420. The van der Waals surface area contributed by atoms with Crippen molar-refractivity contribution in [1.29, 1.82) is 0 Å². The van der Waals surface area contributed by atoms with Gasteiger partial charge >= 0.3 is 0 Å². The summed E-state index contributed by atoms with van der Waals surface area (Å²) in [5.41, 5.74) is 6.08. The zero-order chi connectivity index (χ0) is 11.0. The summed E-state index contributed by atoms with van der Waals surface area (Å²) in [5.74, 6) is 0. The first-order valence-corrected chi connectivity index (χ1v) is 6.82. The molecule has 1 aromatic heterocycles. The third-order valence-corrected chi connectivity index (χ3v) is 4.49. The van der Waals surface area contributed by atoms with E-state index in [2.05, 4.69) is 22.4 Å². The van der Waals surface area contributed by atoms with E-state index in [9.17, 15) is 0 Å². The molecular weight excluding hydrogens is 220 g/mol. The lowest BCUT2D eigenvalue weighted by Gasteiger charge is -2.47. The number of fused-ring (bicyclic) bond motifs is 2. The molecule has 2 fully saturated rings. The average molecular weight is 238 g/mol. The Morgan fingerprint density at radius 3 is 2.75 bits per heavy atom. The molecule has 4 heteroatoms. The highest BCUT2D eigenvalue weighted by Crippen LogP contribution is 2.29. The van der Waals surface area contributed by atoms with Crippen LogP contribution in [0.2, 0.25) is 0 Å². The molecule has 2 aliphatic rings. The molecule has 2 atom stereocenters. The molecule has 0 radical (unpaired) electrons. The molecule has 88 valence electrons. The number of rotatable bonds is 2.